The van der Waals surface area contributed by atoms with Crippen LogP contribution in [0.5, 0.6) is 0 Å². The van der Waals surface area contributed by atoms with Crippen LogP contribution < -0.4 is 0 Å². The van der Waals surface area contributed by atoms with Crippen molar-refractivity contribution in [1.29, 1.82) is 0 Å². The molecule has 4 nitrogen and oxygen atoms in total. The van der Waals surface area contributed by atoms with Gasteiger partial charge in [0.1, 0.15) is 0 Å². The van der Waals surface area contributed by atoms with Crippen molar-refractivity contribution in [2.75, 3.05) is 6.54 Å². The van der Waals surface area contributed by atoms with Gasteiger partial charge < -0.3 is 0 Å². The van der Waals surface area contributed by atoms with E-state index in [2.05, 4.69) is 26.4 Å². The predicted octanol–water partition coefficient (Wildman–Crippen LogP) is 3.68. The Morgan fingerprint density at radius 2 is 2.09 bits per heavy atom. The van der Waals surface area contributed by atoms with Gasteiger partial charge in [0.15, 0.2) is 5.82 Å². The molecule has 0 amide bonds. The average Bonchev–Trinajstić information content (AvgIpc) is 3.15. The van der Waals surface area contributed by atoms with Gasteiger partial charge in [0.2, 0.25) is 4.77 Å². The first-order valence-electron chi connectivity index (χ1n) is 7.29. The van der Waals surface area contributed by atoms with Crippen LogP contribution in [0.3, 0.4) is 0 Å². The Morgan fingerprint density at radius 1 is 1.23 bits per heavy atom. The molecule has 0 radical (unpaired) electrons. The van der Waals surface area contributed by atoms with Crippen LogP contribution in [-0.4, -0.2) is 26.2 Å². The normalized spacial score (nSPS) is 14.9. The maximum Gasteiger partial charge on any atom is 0.217 e. The zero-order valence-corrected chi connectivity index (χ0v) is 13.7. The highest BCUT2D eigenvalue weighted by Gasteiger charge is 2.18. The zero-order chi connectivity index (χ0) is 14.9. The first kappa shape index (κ1) is 13.9. The lowest BCUT2D eigenvalue weighted by atomic mass is 10.1. The zero-order valence-electron chi connectivity index (χ0n) is 12.0. The smallest absolute Gasteiger partial charge is 0.217 e. The molecule has 3 aromatic rings. The van der Waals surface area contributed by atoms with Crippen molar-refractivity contribution in [2.45, 2.75) is 19.6 Å². The molecule has 0 spiro atoms. The number of aromatic nitrogens is 3. The van der Waals surface area contributed by atoms with Gasteiger partial charge in [0.05, 0.1) is 6.67 Å². The highest BCUT2D eigenvalue weighted by atomic mass is 32.1. The fraction of sp³-hybridized carbons (Fsp3) is 0.250. The number of fused-ring (bicyclic) bond motifs is 1. The maximum absolute atomic E-state index is 5.40. The van der Waals surface area contributed by atoms with Crippen LogP contribution in [-0.2, 0) is 19.6 Å². The van der Waals surface area contributed by atoms with E-state index in [4.69, 9.17) is 12.2 Å². The Bertz CT molecular complexity index is 831. The van der Waals surface area contributed by atoms with Crippen molar-refractivity contribution in [2.24, 2.45) is 0 Å². The van der Waals surface area contributed by atoms with Crippen LogP contribution in [0.2, 0.25) is 0 Å². The molecule has 1 aliphatic heterocycles. The molecule has 0 atom stereocenters. The van der Waals surface area contributed by atoms with Crippen LogP contribution >= 0.6 is 23.6 Å². The topological polar surface area (TPSA) is 36.9 Å². The number of thiophene rings is 1. The molecule has 1 aromatic carbocycles. The van der Waals surface area contributed by atoms with Crippen LogP contribution in [0, 0.1) is 4.77 Å². The molecule has 0 bridgehead atoms. The lowest BCUT2D eigenvalue weighted by Crippen LogP contribution is -2.32. The van der Waals surface area contributed by atoms with Gasteiger partial charge in [-0.05, 0) is 35.6 Å². The van der Waals surface area contributed by atoms with Crippen molar-refractivity contribution in [3.63, 3.8) is 0 Å². The van der Waals surface area contributed by atoms with Gasteiger partial charge >= 0.3 is 0 Å². The summed E-state index contributed by atoms with van der Waals surface area (Å²) in [5.74, 6) is 0.832. The van der Waals surface area contributed by atoms with E-state index in [1.54, 1.807) is 0 Å². The Balaban J connectivity index is 1.55. The highest BCUT2D eigenvalue weighted by Crippen LogP contribution is 2.24. The van der Waals surface area contributed by atoms with Crippen LogP contribution in [0.4, 0.5) is 0 Å². The molecule has 0 aliphatic carbocycles. The van der Waals surface area contributed by atoms with E-state index in [9.17, 15) is 0 Å². The summed E-state index contributed by atoms with van der Waals surface area (Å²) in [5, 5.41) is 5.51. The summed E-state index contributed by atoms with van der Waals surface area (Å²) < 4.78 is 2.56. The molecule has 22 heavy (non-hydrogen) atoms. The maximum atomic E-state index is 5.40. The lowest BCUT2D eigenvalue weighted by molar-refractivity contribution is 0.190. The number of H-pyrrole nitrogens is 1. The lowest BCUT2D eigenvalue weighted by Gasteiger charge is -2.26. The SMILES string of the molecule is S=c1nc(-c2ccccc2)[nH]n1CN1CCc2sccc2C1. The molecule has 1 aliphatic rings. The molecule has 0 unspecified atom stereocenters. The minimum atomic E-state index is 0.606. The Hall–Kier alpha value is -1.76. The number of hydrogen-bond donors (Lipinski definition) is 1. The van der Waals surface area contributed by atoms with E-state index in [0.717, 1.165) is 37.6 Å². The van der Waals surface area contributed by atoms with Crippen molar-refractivity contribution < 1.29 is 0 Å². The third kappa shape index (κ3) is 2.65. The van der Waals surface area contributed by atoms with E-state index in [0.29, 0.717) is 4.77 Å². The van der Waals surface area contributed by atoms with Crippen LogP contribution in [0.25, 0.3) is 11.4 Å². The number of nitrogens with zero attached hydrogens (tertiary/aromatic N) is 3. The summed E-state index contributed by atoms with van der Waals surface area (Å²) in [6.07, 6.45) is 1.13. The van der Waals surface area contributed by atoms with Crippen molar-refractivity contribution in [3.8, 4) is 11.4 Å². The van der Waals surface area contributed by atoms with Gasteiger partial charge in [-0.25, -0.2) is 4.68 Å². The summed E-state index contributed by atoms with van der Waals surface area (Å²) in [4.78, 5) is 8.40. The summed E-state index contributed by atoms with van der Waals surface area (Å²) in [6, 6.07) is 12.3. The van der Waals surface area contributed by atoms with E-state index in [1.807, 2.05) is 46.4 Å². The van der Waals surface area contributed by atoms with Gasteiger partial charge in [0, 0.05) is 23.5 Å². The van der Waals surface area contributed by atoms with Crippen molar-refractivity contribution >= 4 is 23.6 Å². The standard InChI is InChI=1S/C16H16N4S2/c21-16-17-15(12-4-2-1-3-5-12)18-20(16)11-19-8-6-14-13(10-19)7-9-22-14/h1-5,7,9H,6,8,10-11H2,(H,17,18,21). The number of rotatable bonds is 3. The first-order valence-corrected chi connectivity index (χ1v) is 8.58. The molecule has 0 fully saturated rings. The molecule has 2 aromatic heterocycles. The summed E-state index contributed by atoms with van der Waals surface area (Å²) in [7, 11) is 0. The Labute approximate surface area is 138 Å². The predicted molar refractivity (Wildman–Crippen MR) is 91.3 cm³/mol. The van der Waals surface area contributed by atoms with Crippen molar-refractivity contribution in [1.82, 2.24) is 19.7 Å². The van der Waals surface area contributed by atoms with Crippen molar-refractivity contribution in [3.05, 3.63) is 57.0 Å². The molecule has 1 N–H and O–H groups in total. The molecule has 6 heteroatoms. The minimum absolute atomic E-state index is 0.606. The molecular formula is C16H16N4S2. The third-order valence-corrected chi connectivity index (χ3v) is 5.29. The summed E-state index contributed by atoms with van der Waals surface area (Å²) in [5.41, 5.74) is 2.51. The number of benzene rings is 1. The monoisotopic (exact) mass is 328 g/mol. The van der Waals surface area contributed by atoms with E-state index >= 15 is 0 Å². The minimum Gasteiger partial charge on any atom is -0.280 e. The fourth-order valence-electron chi connectivity index (χ4n) is 2.81. The second-order valence-corrected chi connectivity index (χ2v) is 6.83. The second kappa shape index (κ2) is 5.79. The fourth-order valence-corrected chi connectivity index (χ4v) is 3.89. The Morgan fingerprint density at radius 3 is 2.95 bits per heavy atom. The van der Waals surface area contributed by atoms with Crippen LogP contribution in [0.1, 0.15) is 10.4 Å². The molecule has 0 saturated carbocycles. The quantitative estimate of drug-likeness (QED) is 0.745. The summed E-state index contributed by atoms with van der Waals surface area (Å²) >= 11 is 7.26. The first-order chi connectivity index (χ1) is 10.8. The number of aromatic amines is 1. The van der Waals surface area contributed by atoms with E-state index in [-0.39, 0.29) is 0 Å². The Kier molecular flexibility index (Phi) is 3.65. The molecule has 4 rings (SSSR count). The molecule has 0 saturated heterocycles. The van der Waals surface area contributed by atoms with E-state index < -0.39 is 0 Å². The van der Waals surface area contributed by atoms with Gasteiger partial charge in [-0.15, -0.1) is 11.3 Å². The van der Waals surface area contributed by atoms with Crippen LogP contribution in [0.15, 0.2) is 41.8 Å². The second-order valence-electron chi connectivity index (χ2n) is 5.46. The van der Waals surface area contributed by atoms with E-state index in [1.165, 1.54) is 10.4 Å². The van der Waals surface area contributed by atoms with Gasteiger partial charge in [-0.3, -0.25) is 10.00 Å². The average molecular weight is 328 g/mol. The molecular weight excluding hydrogens is 312 g/mol. The molecule has 112 valence electrons. The van der Waals surface area contributed by atoms with Gasteiger partial charge in [-0.2, -0.15) is 4.98 Å². The third-order valence-electron chi connectivity index (χ3n) is 3.95. The summed E-state index contributed by atoms with van der Waals surface area (Å²) in [6.45, 7) is 2.81. The largest absolute Gasteiger partial charge is 0.280 e. The number of nitrogens with one attached hydrogen (secondary N) is 1. The molecule has 3 heterocycles. The number of hydrogen-bond acceptors (Lipinski definition) is 4. The highest BCUT2D eigenvalue weighted by molar-refractivity contribution is 7.71. The van der Waals surface area contributed by atoms with Gasteiger partial charge in [-0.1, -0.05) is 30.3 Å². The van der Waals surface area contributed by atoms with Gasteiger partial charge in [0.25, 0.3) is 0 Å².